The molecule has 0 N–H and O–H groups in total. The van der Waals surface area contributed by atoms with Crippen LogP contribution in [-0.2, 0) is 5.41 Å². The van der Waals surface area contributed by atoms with Crippen LogP contribution in [0.3, 0.4) is 0 Å². The average molecular weight is 637 g/mol. The summed E-state index contributed by atoms with van der Waals surface area (Å²) in [6, 6.07) is 60.4. The van der Waals surface area contributed by atoms with E-state index in [0.29, 0.717) is 5.82 Å². The van der Waals surface area contributed by atoms with Crippen LogP contribution in [-0.4, -0.2) is 9.97 Å². The van der Waals surface area contributed by atoms with Gasteiger partial charge in [-0.05, 0) is 51.1 Å². The predicted octanol–water partition coefficient (Wildman–Crippen LogP) is 11.7. The lowest BCUT2D eigenvalue weighted by Crippen LogP contribution is -2.26. The zero-order chi connectivity index (χ0) is 32.8. The fraction of sp³-hybridized carbons (Fsp3) is 0.0213. The third kappa shape index (κ3) is 3.58. The van der Waals surface area contributed by atoms with Gasteiger partial charge in [-0.1, -0.05) is 158 Å². The first kappa shape index (κ1) is 27.4. The van der Waals surface area contributed by atoms with E-state index in [0.717, 1.165) is 55.6 Å². The summed E-state index contributed by atoms with van der Waals surface area (Å²) in [5, 5.41) is 2.26. The third-order valence-corrected chi connectivity index (χ3v) is 10.7. The Morgan fingerprint density at radius 2 is 1.02 bits per heavy atom. The topological polar surface area (TPSA) is 38.9 Å². The molecule has 0 unspecified atom stereocenters. The zero-order valence-electron chi connectivity index (χ0n) is 27.0. The molecule has 0 saturated heterocycles. The number of rotatable bonds is 3. The Balaban J connectivity index is 1.30. The normalized spacial score (nSPS) is 13.4. The summed E-state index contributed by atoms with van der Waals surface area (Å²) in [5.41, 5.74) is 16.1. The van der Waals surface area contributed by atoms with E-state index < -0.39 is 5.41 Å². The van der Waals surface area contributed by atoms with E-state index >= 15 is 0 Å². The quantitative estimate of drug-likeness (QED) is 0.194. The molecule has 2 aliphatic rings. The maximum absolute atomic E-state index is 6.80. The van der Waals surface area contributed by atoms with Gasteiger partial charge in [0.05, 0.1) is 16.8 Å². The largest absolute Gasteiger partial charge is 0.455 e. The van der Waals surface area contributed by atoms with Gasteiger partial charge in [-0.25, -0.2) is 9.97 Å². The summed E-state index contributed by atoms with van der Waals surface area (Å²) in [6.07, 6.45) is 0. The third-order valence-electron chi connectivity index (χ3n) is 10.7. The minimum absolute atomic E-state index is 0.577. The first-order valence-corrected chi connectivity index (χ1v) is 17.1. The van der Waals surface area contributed by atoms with Crippen LogP contribution in [0.25, 0.3) is 78.1 Å². The van der Waals surface area contributed by atoms with Gasteiger partial charge in [0.15, 0.2) is 5.82 Å². The van der Waals surface area contributed by atoms with E-state index in [9.17, 15) is 0 Å². The van der Waals surface area contributed by atoms with Crippen molar-refractivity contribution in [3.8, 4) is 56.2 Å². The van der Waals surface area contributed by atoms with Crippen LogP contribution >= 0.6 is 0 Å². The smallest absolute Gasteiger partial charge is 0.160 e. The highest BCUT2D eigenvalue weighted by Crippen LogP contribution is 2.65. The van der Waals surface area contributed by atoms with Crippen molar-refractivity contribution >= 4 is 21.9 Å². The van der Waals surface area contributed by atoms with Crippen molar-refractivity contribution in [1.82, 2.24) is 9.97 Å². The molecule has 0 fully saturated rings. The minimum atomic E-state index is -0.577. The maximum Gasteiger partial charge on any atom is 0.160 e. The highest BCUT2D eigenvalue weighted by molar-refractivity contribution is 6.13. The Kier molecular flexibility index (Phi) is 5.59. The van der Waals surface area contributed by atoms with Gasteiger partial charge in [0.1, 0.15) is 11.2 Å². The van der Waals surface area contributed by atoms with E-state index in [1.807, 2.05) is 30.3 Å². The number of nitrogens with zero attached hydrogens (tertiary/aromatic N) is 2. The second-order valence-corrected chi connectivity index (χ2v) is 13.2. The number of hydrogen-bond acceptors (Lipinski definition) is 3. The molecule has 2 aliphatic carbocycles. The number of para-hydroxylation sites is 1. The Labute approximate surface area is 289 Å². The molecule has 0 amide bonds. The molecule has 0 atom stereocenters. The molecule has 11 rings (SSSR count). The first-order valence-electron chi connectivity index (χ1n) is 17.1. The molecule has 0 bridgehead atoms. The molecule has 50 heavy (non-hydrogen) atoms. The Morgan fingerprint density at radius 3 is 1.78 bits per heavy atom. The molecular weight excluding hydrogens is 609 g/mol. The summed E-state index contributed by atoms with van der Waals surface area (Å²) < 4.78 is 6.80. The van der Waals surface area contributed by atoms with Gasteiger partial charge < -0.3 is 4.42 Å². The number of fused-ring (bicyclic) bond motifs is 14. The lowest BCUT2D eigenvalue weighted by atomic mass is 9.69. The van der Waals surface area contributed by atoms with E-state index in [1.165, 1.54) is 38.9 Å². The molecule has 3 nitrogen and oxygen atoms in total. The average Bonchev–Trinajstić information content (AvgIpc) is 3.82. The van der Waals surface area contributed by atoms with E-state index in [2.05, 4.69) is 140 Å². The van der Waals surface area contributed by atoms with Gasteiger partial charge in [-0.3, -0.25) is 0 Å². The minimum Gasteiger partial charge on any atom is -0.455 e. The van der Waals surface area contributed by atoms with Crippen LogP contribution in [0.15, 0.2) is 174 Å². The van der Waals surface area contributed by atoms with Crippen molar-refractivity contribution in [1.29, 1.82) is 0 Å². The standard InChI is InChI=1S/C47H28N2O/c1-3-14-29(15-4-1)40-28-41(49-46(48-40)30-16-5-2-6-17-30)35-21-13-22-36-43-39(27-26-34-33-20-9-12-25-42(33)50-45(34)43)47(44(35)36)37-23-10-7-18-31(37)32-19-8-11-24-38(32)47/h1-28H. The summed E-state index contributed by atoms with van der Waals surface area (Å²) in [7, 11) is 0. The fourth-order valence-electron chi connectivity index (χ4n) is 8.73. The van der Waals surface area contributed by atoms with E-state index in [1.54, 1.807) is 0 Å². The first-order chi connectivity index (χ1) is 24.8. The molecule has 3 heteroatoms. The summed E-state index contributed by atoms with van der Waals surface area (Å²) in [5.74, 6) is 0.705. The molecule has 7 aromatic carbocycles. The van der Waals surface area contributed by atoms with Gasteiger partial charge in [0.25, 0.3) is 0 Å². The Bertz CT molecular complexity index is 2710. The van der Waals surface area contributed by atoms with Crippen LogP contribution < -0.4 is 0 Å². The van der Waals surface area contributed by atoms with E-state index in [-0.39, 0.29) is 0 Å². The van der Waals surface area contributed by atoms with Crippen LogP contribution in [0.5, 0.6) is 0 Å². The van der Waals surface area contributed by atoms with Gasteiger partial charge in [-0.15, -0.1) is 0 Å². The number of hydrogen-bond donors (Lipinski definition) is 0. The highest BCUT2D eigenvalue weighted by Gasteiger charge is 2.53. The van der Waals surface area contributed by atoms with Gasteiger partial charge >= 0.3 is 0 Å². The van der Waals surface area contributed by atoms with Crippen molar-refractivity contribution < 1.29 is 4.42 Å². The van der Waals surface area contributed by atoms with Crippen LogP contribution in [0, 0.1) is 0 Å². The number of benzene rings is 7. The van der Waals surface area contributed by atoms with Crippen LogP contribution in [0.4, 0.5) is 0 Å². The summed E-state index contributed by atoms with van der Waals surface area (Å²) >= 11 is 0. The van der Waals surface area contributed by atoms with Crippen molar-refractivity contribution in [2.45, 2.75) is 5.41 Å². The molecule has 2 heterocycles. The molecule has 0 saturated carbocycles. The fourth-order valence-corrected chi connectivity index (χ4v) is 8.73. The predicted molar refractivity (Wildman–Crippen MR) is 202 cm³/mol. The second-order valence-electron chi connectivity index (χ2n) is 13.2. The van der Waals surface area contributed by atoms with Crippen molar-refractivity contribution in [2.75, 3.05) is 0 Å². The lowest BCUT2D eigenvalue weighted by molar-refractivity contribution is 0.669. The van der Waals surface area contributed by atoms with Crippen molar-refractivity contribution in [2.24, 2.45) is 0 Å². The molecule has 9 aromatic rings. The van der Waals surface area contributed by atoms with Gasteiger partial charge in [0, 0.05) is 33.0 Å². The molecule has 0 radical (unpaired) electrons. The second kappa shape index (κ2) is 10.2. The van der Waals surface area contributed by atoms with E-state index in [4.69, 9.17) is 14.4 Å². The summed E-state index contributed by atoms with van der Waals surface area (Å²) in [4.78, 5) is 10.5. The number of furan rings is 1. The lowest BCUT2D eigenvalue weighted by Gasteiger charge is -2.32. The Morgan fingerprint density at radius 1 is 0.420 bits per heavy atom. The molecule has 2 aromatic heterocycles. The molecule has 232 valence electrons. The summed E-state index contributed by atoms with van der Waals surface area (Å²) in [6.45, 7) is 0. The number of aromatic nitrogens is 2. The van der Waals surface area contributed by atoms with Crippen molar-refractivity contribution in [3.05, 3.63) is 192 Å². The molecule has 0 aliphatic heterocycles. The maximum atomic E-state index is 6.80. The van der Waals surface area contributed by atoms with Crippen LogP contribution in [0.2, 0.25) is 0 Å². The molecular formula is C47H28N2O. The van der Waals surface area contributed by atoms with Gasteiger partial charge in [0.2, 0.25) is 0 Å². The SMILES string of the molecule is c1ccc(-c2cc(-c3cccc4c3C3(c5ccccc5-c5ccccc53)c3ccc5c(oc6ccccc65)c3-4)nc(-c3ccccc3)n2)cc1. The molecule has 1 spiro atoms. The Hall–Kier alpha value is -6.58. The van der Waals surface area contributed by atoms with Crippen LogP contribution in [0.1, 0.15) is 22.3 Å². The van der Waals surface area contributed by atoms with Gasteiger partial charge in [-0.2, -0.15) is 0 Å². The zero-order valence-corrected chi connectivity index (χ0v) is 27.0. The highest BCUT2D eigenvalue weighted by atomic mass is 16.3. The monoisotopic (exact) mass is 636 g/mol. The van der Waals surface area contributed by atoms with Crippen molar-refractivity contribution in [3.63, 3.8) is 0 Å².